The van der Waals surface area contributed by atoms with Gasteiger partial charge in [-0.15, -0.1) is 11.3 Å². The number of hydrogen-bond acceptors (Lipinski definition) is 5. The molecule has 130 valence electrons. The quantitative estimate of drug-likeness (QED) is 0.798. The van der Waals surface area contributed by atoms with E-state index in [0.29, 0.717) is 0 Å². The summed E-state index contributed by atoms with van der Waals surface area (Å²) in [5.41, 5.74) is 1.11. The Morgan fingerprint density at radius 1 is 1.17 bits per heavy atom. The summed E-state index contributed by atoms with van der Waals surface area (Å²) in [5.74, 6) is 0.967. The molecule has 5 nitrogen and oxygen atoms in total. The van der Waals surface area contributed by atoms with Crippen LogP contribution in [0.25, 0.3) is 0 Å². The maximum atomic E-state index is 5.38. The highest BCUT2D eigenvalue weighted by atomic mass is 32.1. The third kappa shape index (κ3) is 4.59. The number of hydrogen-bond donors (Lipinski definition) is 1. The summed E-state index contributed by atoms with van der Waals surface area (Å²) in [6, 6.07) is 4.56. The summed E-state index contributed by atoms with van der Waals surface area (Å²) in [5, 5.41) is 7.96. The van der Waals surface area contributed by atoms with Crippen LogP contribution < -0.4 is 5.32 Å². The van der Waals surface area contributed by atoms with E-state index in [1.807, 2.05) is 22.2 Å². The van der Waals surface area contributed by atoms with Gasteiger partial charge in [-0.3, -0.25) is 9.58 Å². The number of aromatic nitrogens is 2. The summed E-state index contributed by atoms with van der Waals surface area (Å²) < 4.78 is 7.42. The molecule has 2 aromatic heterocycles. The topological polar surface area (TPSA) is 42.3 Å². The predicted molar refractivity (Wildman–Crippen MR) is 97.6 cm³/mol. The van der Waals surface area contributed by atoms with Crippen LogP contribution in [0.15, 0.2) is 24.5 Å². The van der Waals surface area contributed by atoms with Crippen LogP contribution in [-0.4, -0.2) is 47.5 Å². The highest BCUT2D eigenvalue weighted by Gasteiger charge is 2.22. The Balaban J connectivity index is 1.22. The fourth-order valence-electron chi connectivity index (χ4n) is 3.07. The molecule has 1 saturated heterocycles. The van der Waals surface area contributed by atoms with Crippen LogP contribution in [-0.2, 0) is 24.2 Å². The van der Waals surface area contributed by atoms with Crippen molar-refractivity contribution in [3.05, 3.63) is 34.3 Å². The molecule has 2 aromatic rings. The highest BCUT2D eigenvalue weighted by Crippen LogP contribution is 2.34. The molecule has 0 aromatic carbocycles. The predicted octanol–water partition coefficient (Wildman–Crippen LogP) is 2.84. The number of nitrogens with zero attached hydrogens (tertiary/aromatic N) is 3. The van der Waals surface area contributed by atoms with Crippen LogP contribution in [0.1, 0.15) is 22.6 Å². The van der Waals surface area contributed by atoms with Gasteiger partial charge in [-0.05, 0) is 37.3 Å². The van der Waals surface area contributed by atoms with Gasteiger partial charge in [0.05, 0.1) is 31.6 Å². The minimum Gasteiger partial charge on any atom is -0.379 e. The summed E-state index contributed by atoms with van der Waals surface area (Å²) in [6.07, 6.45) is 8.17. The number of rotatable bonds is 8. The molecule has 0 atom stereocenters. The molecule has 0 unspecified atom stereocenters. The van der Waals surface area contributed by atoms with E-state index < -0.39 is 0 Å². The Morgan fingerprint density at radius 3 is 2.83 bits per heavy atom. The molecule has 2 fully saturated rings. The van der Waals surface area contributed by atoms with Crippen molar-refractivity contribution in [2.75, 3.05) is 38.2 Å². The Bertz CT molecular complexity index is 643. The molecule has 3 heterocycles. The summed E-state index contributed by atoms with van der Waals surface area (Å²) >= 11 is 1.95. The smallest absolute Gasteiger partial charge is 0.0729 e. The van der Waals surface area contributed by atoms with Crippen LogP contribution in [0.5, 0.6) is 0 Å². The Kier molecular flexibility index (Phi) is 5.16. The molecule has 4 rings (SSSR count). The Hall–Kier alpha value is -1.37. The molecular weight excluding hydrogens is 320 g/mol. The van der Waals surface area contributed by atoms with Crippen molar-refractivity contribution in [2.24, 2.45) is 5.92 Å². The van der Waals surface area contributed by atoms with Gasteiger partial charge in [0.15, 0.2) is 0 Å². The van der Waals surface area contributed by atoms with Crippen molar-refractivity contribution < 1.29 is 4.74 Å². The van der Waals surface area contributed by atoms with Crippen molar-refractivity contribution in [3.63, 3.8) is 0 Å². The lowest BCUT2D eigenvalue weighted by Crippen LogP contribution is -2.38. The van der Waals surface area contributed by atoms with E-state index in [4.69, 9.17) is 4.74 Å². The monoisotopic (exact) mass is 346 g/mol. The molecule has 0 bridgehead atoms. The lowest BCUT2D eigenvalue weighted by Gasteiger charge is -2.26. The fourth-order valence-corrected chi connectivity index (χ4v) is 4.14. The van der Waals surface area contributed by atoms with Gasteiger partial charge in [-0.25, -0.2) is 0 Å². The zero-order valence-electron chi connectivity index (χ0n) is 14.1. The minimum atomic E-state index is 0.857. The normalized spacial score (nSPS) is 18.8. The number of nitrogens with one attached hydrogen (secondary N) is 1. The van der Waals surface area contributed by atoms with Gasteiger partial charge in [0.1, 0.15) is 0 Å². The van der Waals surface area contributed by atoms with Crippen LogP contribution in [0.2, 0.25) is 0 Å². The first-order valence-electron chi connectivity index (χ1n) is 8.99. The molecule has 1 N–H and O–H groups in total. The van der Waals surface area contributed by atoms with Gasteiger partial charge >= 0.3 is 0 Å². The SMILES string of the molecule is c1nn(CCN2CCOCC2)cc1NCc1ccc(CC2CC2)s1. The Labute approximate surface area is 147 Å². The molecule has 2 aliphatic rings. The van der Waals surface area contributed by atoms with Crippen LogP contribution in [0.4, 0.5) is 5.69 Å². The maximum Gasteiger partial charge on any atom is 0.0729 e. The minimum absolute atomic E-state index is 0.857. The van der Waals surface area contributed by atoms with Gasteiger partial charge in [-0.2, -0.15) is 5.10 Å². The van der Waals surface area contributed by atoms with Crippen molar-refractivity contribution >= 4 is 17.0 Å². The van der Waals surface area contributed by atoms with E-state index >= 15 is 0 Å². The first-order chi connectivity index (χ1) is 11.8. The lowest BCUT2D eigenvalue weighted by molar-refractivity contribution is 0.0360. The molecule has 1 aliphatic carbocycles. The van der Waals surface area contributed by atoms with Gasteiger partial charge in [0, 0.05) is 42.1 Å². The van der Waals surface area contributed by atoms with Gasteiger partial charge < -0.3 is 10.1 Å². The molecule has 1 aliphatic heterocycles. The van der Waals surface area contributed by atoms with E-state index in [0.717, 1.165) is 57.5 Å². The summed E-state index contributed by atoms with van der Waals surface area (Å²) in [4.78, 5) is 5.38. The second-order valence-corrected chi connectivity index (χ2v) is 8.07. The maximum absolute atomic E-state index is 5.38. The van der Waals surface area contributed by atoms with Crippen LogP contribution in [0, 0.1) is 5.92 Å². The zero-order valence-corrected chi connectivity index (χ0v) is 14.9. The van der Waals surface area contributed by atoms with E-state index in [9.17, 15) is 0 Å². The first-order valence-corrected chi connectivity index (χ1v) is 9.81. The molecule has 0 radical (unpaired) electrons. The highest BCUT2D eigenvalue weighted by molar-refractivity contribution is 7.12. The van der Waals surface area contributed by atoms with Crippen molar-refractivity contribution in [1.29, 1.82) is 0 Å². The average molecular weight is 347 g/mol. The van der Waals surface area contributed by atoms with E-state index in [-0.39, 0.29) is 0 Å². The summed E-state index contributed by atoms with van der Waals surface area (Å²) in [6.45, 7) is 6.66. The second kappa shape index (κ2) is 7.68. The van der Waals surface area contributed by atoms with Crippen molar-refractivity contribution in [1.82, 2.24) is 14.7 Å². The first kappa shape index (κ1) is 16.1. The molecule has 24 heavy (non-hydrogen) atoms. The van der Waals surface area contributed by atoms with E-state index in [2.05, 4.69) is 33.6 Å². The second-order valence-electron chi connectivity index (χ2n) is 6.82. The summed E-state index contributed by atoms with van der Waals surface area (Å²) in [7, 11) is 0. The lowest BCUT2D eigenvalue weighted by atomic mass is 10.2. The molecular formula is C18H26N4OS. The molecule has 6 heteroatoms. The fraction of sp³-hybridized carbons (Fsp3) is 0.611. The van der Waals surface area contributed by atoms with Crippen molar-refractivity contribution in [2.45, 2.75) is 32.4 Å². The molecule has 0 amide bonds. The van der Waals surface area contributed by atoms with Gasteiger partial charge in [-0.1, -0.05) is 0 Å². The standard InChI is InChI=1S/C18H26N4OS/c1-2-15(1)11-17-3-4-18(24-17)13-19-16-12-20-22(14-16)6-5-21-7-9-23-10-8-21/h3-4,12,14-15,19H,1-2,5-11,13H2. The number of ether oxygens (including phenoxy) is 1. The average Bonchev–Trinajstić information content (AvgIpc) is 3.12. The third-order valence-corrected chi connectivity index (χ3v) is 5.86. The number of morpholine rings is 1. The van der Waals surface area contributed by atoms with Crippen LogP contribution >= 0.6 is 11.3 Å². The number of anilines is 1. The zero-order chi connectivity index (χ0) is 16.2. The third-order valence-electron chi connectivity index (χ3n) is 4.75. The van der Waals surface area contributed by atoms with Crippen molar-refractivity contribution in [3.8, 4) is 0 Å². The van der Waals surface area contributed by atoms with E-state index in [1.165, 1.54) is 29.0 Å². The number of thiophene rings is 1. The van der Waals surface area contributed by atoms with Gasteiger partial charge in [0.2, 0.25) is 0 Å². The largest absolute Gasteiger partial charge is 0.379 e. The van der Waals surface area contributed by atoms with E-state index in [1.54, 1.807) is 0 Å². The van der Waals surface area contributed by atoms with Crippen LogP contribution in [0.3, 0.4) is 0 Å². The van der Waals surface area contributed by atoms with Gasteiger partial charge in [0.25, 0.3) is 0 Å². The molecule has 1 saturated carbocycles. The Morgan fingerprint density at radius 2 is 2.00 bits per heavy atom. The molecule has 0 spiro atoms.